The third kappa shape index (κ3) is 2.83. The number of hydrogen-bond donors (Lipinski definition) is 2. The summed E-state index contributed by atoms with van der Waals surface area (Å²) in [6, 6.07) is 6.97. The van der Waals surface area contributed by atoms with Crippen molar-refractivity contribution in [3.05, 3.63) is 42.0 Å². The van der Waals surface area contributed by atoms with Gasteiger partial charge in [0.1, 0.15) is 16.9 Å². The van der Waals surface area contributed by atoms with E-state index in [9.17, 15) is 4.79 Å². The van der Waals surface area contributed by atoms with Gasteiger partial charge in [0.25, 0.3) is 5.91 Å². The Balaban J connectivity index is 1.15. The Labute approximate surface area is 159 Å². The molecule has 8 nitrogen and oxygen atoms in total. The molecule has 138 valence electrons. The van der Waals surface area contributed by atoms with Crippen LogP contribution in [0.3, 0.4) is 0 Å². The zero-order valence-corrected chi connectivity index (χ0v) is 15.3. The number of aromatic nitrogens is 4. The molecule has 3 atom stereocenters. The maximum absolute atomic E-state index is 11.3. The van der Waals surface area contributed by atoms with E-state index in [1.165, 1.54) is 36.2 Å². The summed E-state index contributed by atoms with van der Waals surface area (Å²) in [4.78, 5) is 22.2. The lowest BCUT2D eigenvalue weighted by molar-refractivity contribution is 0.0560. The molecule has 3 aromatic rings. The van der Waals surface area contributed by atoms with Gasteiger partial charge in [0.2, 0.25) is 0 Å². The van der Waals surface area contributed by atoms with Crippen LogP contribution in [0.4, 0.5) is 5.69 Å². The summed E-state index contributed by atoms with van der Waals surface area (Å²) in [6.45, 7) is 1.09. The smallest absolute Gasteiger partial charge is 0.277 e. The minimum atomic E-state index is -0.593. The van der Waals surface area contributed by atoms with Crippen molar-refractivity contribution in [2.75, 3.05) is 11.4 Å². The Morgan fingerprint density at radius 1 is 1.26 bits per heavy atom. The van der Waals surface area contributed by atoms with Crippen LogP contribution in [0.15, 0.2) is 30.6 Å². The Hall–Kier alpha value is -2.65. The minimum absolute atomic E-state index is 0.256. The first-order valence-corrected chi connectivity index (χ1v) is 9.70. The number of hydroxylamine groups is 1. The fourth-order valence-electron chi connectivity index (χ4n) is 4.19. The van der Waals surface area contributed by atoms with Gasteiger partial charge in [-0.3, -0.25) is 10.0 Å². The molecular weight excluding hydrogens is 364 g/mol. The van der Waals surface area contributed by atoms with Crippen molar-refractivity contribution in [3.63, 3.8) is 0 Å². The van der Waals surface area contributed by atoms with E-state index in [-0.39, 0.29) is 5.56 Å². The molecule has 1 amide bonds. The van der Waals surface area contributed by atoms with Gasteiger partial charge in [-0.15, -0.1) is 0 Å². The first kappa shape index (κ1) is 16.5. The fourth-order valence-corrected chi connectivity index (χ4v) is 4.71. The van der Waals surface area contributed by atoms with Crippen LogP contribution in [0.5, 0.6) is 0 Å². The lowest BCUT2D eigenvalue weighted by Crippen LogP contribution is -2.67. The number of amides is 1. The monoisotopic (exact) mass is 382 g/mol. The molecule has 0 radical (unpaired) electrons. The van der Waals surface area contributed by atoms with Crippen molar-refractivity contribution in [1.82, 2.24) is 24.2 Å². The molecule has 3 unspecified atom stereocenters. The zero-order chi connectivity index (χ0) is 18.4. The van der Waals surface area contributed by atoms with Crippen molar-refractivity contribution in [2.45, 2.75) is 25.3 Å². The number of rotatable bonds is 5. The highest BCUT2D eigenvalue weighted by Gasteiger charge is 2.52. The SMILES string of the molecule is O=C(NO)c1cnc(CCC2CC3C2CN3c2ccc3nsnc3c2)nc1. The highest BCUT2D eigenvalue weighted by Crippen LogP contribution is 2.50. The fraction of sp³-hybridized carbons (Fsp3) is 0.389. The van der Waals surface area contributed by atoms with Crippen molar-refractivity contribution in [1.29, 1.82) is 0 Å². The summed E-state index contributed by atoms with van der Waals surface area (Å²) in [5.74, 6) is 1.60. The van der Waals surface area contributed by atoms with E-state index in [1.54, 1.807) is 5.48 Å². The van der Waals surface area contributed by atoms with E-state index < -0.39 is 5.91 Å². The first-order valence-electron chi connectivity index (χ1n) is 8.97. The summed E-state index contributed by atoms with van der Waals surface area (Å²) in [5, 5.41) is 8.61. The van der Waals surface area contributed by atoms with Gasteiger partial charge in [-0.1, -0.05) is 0 Å². The highest BCUT2D eigenvalue weighted by atomic mass is 32.1. The van der Waals surface area contributed by atoms with E-state index >= 15 is 0 Å². The Bertz CT molecular complexity index is 991. The van der Waals surface area contributed by atoms with Crippen LogP contribution in [0, 0.1) is 11.8 Å². The van der Waals surface area contributed by atoms with Gasteiger partial charge in [0.15, 0.2) is 0 Å². The van der Waals surface area contributed by atoms with Crippen LogP contribution in [-0.4, -0.2) is 42.4 Å². The molecule has 27 heavy (non-hydrogen) atoms. The van der Waals surface area contributed by atoms with E-state index in [2.05, 4.69) is 41.8 Å². The number of benzene rings is 1. The normalized spacial score (nSPS) is 23.4. The number of carbonyl (C=O) groups is 1. The maximum Gasteiger partial charge on any atom is 0.277 e. The van der Waals surface area contributed by atoms with Crippen LogP contribution in [0.25, 0.3) is 11.0 Å². The summed E-state index contributed by atoms with van der Waals surface area (Å²) < 4.78 is 8.60. The number of carbonyl (C=O) groups excluding carboxylic acids is 1. The molecule has 1 saturated carbocycles. The molecule has 1 saturated heterocycles. The largest absolute Gasteiger partial charge is 0.368 e. The number of aryl methyl sites for hydroxylation is 1. The molecule has 0 bridgehead atoms. The second-order valence-corrected chi connectivity index (χ2v) is 7.71. The van der Waals surface area contributed by atoms with Gasteiger partial charge in [0, 0.05) is 37.1 Å². The van der Waals surface area contributed by atoms with Gasteiger partial charge in [-0.2, -0.15) is 8.75 Å². The number of nitrogens with zero attached hydrogens (tertiary/aromatic N) is 5. The van der Waals surface area contributed by atoms with Gasteiger partial charge in [-0.25, -0.2) is 15.4 Å². The molecule has 5 rings (SSSR count). The van der Waals surface area contributed by atoms with Crippen molar-refractivity contribution in [2.24, 2.45) is 11.8 Å². The quantitative estimate of drug-likeness (QED) is 0.514. The molecule has 1 aliphatic heterocycles. The molecular formula is C18H18N6O2S. The number of fused-ring (bicyclic) bond motifs is 2. The average molecular weight is 382 g/mol. The van der Waals surface area contributed by atoms with E-state index in [0.29, 0.717) is 12.0 Å². The second-order valence-electron chi connectivity index (χ2n) is 7.18. The average Bonchev–Trinajstić information content (AvgIpc) is 3.16. The third-order valence-electron chi connectivity index (χ3n) is 5.83. The Kier molecular flexibility index (Phi) is 3.98. The zero-order valence-electron chi connectivity index (χ0n) is 14.4. The molecule has 1 aliphatic carbocycles. The Morgan fingerprint density at radius 3 is 2.81 bits per heavy atom. The van der Waals surface area contributed by atoms with Gasteiger partial charge < -0.3 is 4.90 Å². The maximum atomic E-state index is 11.3. The summed E-state index contributed by atoms with van der Waals surface area (Å²) >= 11 is 1.26. The van der Waals surface area contributed by atoms with Gasteiger partial charge >= 0.3 is 0 Å². The van der Waals surface area contributed by atoms with Crippen LogP contribution >= 0.6 is 11.7 Å². The lowest BCUT2D eigenvalue weighted by Gasteiger charge is -2.61. The summed E-state index contributed by atoms with van der Waals surface area (Å²) in [5.41, 5.74) is 5.03. The van der Waals surface area contributed by atoms with Crippen LogP contribution < -0.4 is 10.4 Å². The molecule has 3 heterocycles. The Morgan fingerprint density at radius 2 is 2.07 bits per heavy atom. The highest BCUT2D eigenvalue weighted by molar-refractivity contribution is 7.00. The molecule has 2 fully saturated rings. The number of hydrogen-bond acceptors (Lipinski definition) is 8. The summed E-state index contributed by atoms with van der Waals surface area (Å²) in [6.07, 6.45) is 5.97. The third-order valence-corrected chi connectivity index (χ3v) is 6.39. The van der Waals surface area contributed by atoms with Crippen molar-refractivity contribution >= 4 is 34.4 Å². The predicted octanol–water partition coefficient (Wildman–Crippen LogP) is 2.06. The molecule has 2 aromatic heterocycles. The van der Waals surface area contributed by atoms with Crippen molar-refractivity contribution < 1.29 is 10.0 Å². The van der Waals surface area contributed by atoms with Crippen molar-refractivity contribution in [3.8, 4) is 0 Å². The number of piperidine rings is 1. The van der Waals surface area contributed by atoms with Gasteiger partial charge in [0.05, 0.1) is 17.3 Å². The standard InChI is InChI=1S/C18H18N6O2S/c25-18(21-26)11-7-19-17(20-8-11)4-1-10-5-16-13(10)9-24(16)12-2-3-14-15(6-12)23-27-22-14/h2-3,6-8,10,13,16,26H,1,4-5,9H2,(H,21,25). The van der Waals surface area contributed by atoms with E-state index in [4.69, 9.17) is 5.21 Å². The van der Waals surface area contributed by atoms with E-state index in [0.717, 1.165) is 42.2 Å². The summed E-state index contributed by atoms with van der Waals surface area (Å²) in [7, 11) is 0. The molecule has 0 spiro atoms. The van der Waals surface area contributed by atoms with Gasteiger partial charge in [-0.05, 0) is 42.9 Å². The van der Waals surface area contributed by atoms with Crippen LogP contribution in [0.2, 0.25) is 0 Å². The molecule has 2 N–H and O–H groups in total. The minimum Gasteiger partial charge on any atom is -0.368 e. The predicted molar refractivity (Wildman–Crippen MR) is 99.8 cm³/mol. The lowest BCUT2D eigenvalue weighted by atomic mass is 9.61. The first-order chi connectivity index (χ1) is 13.2. The van der Waals surface area contributed by atoms with Crippen LogP contribution in [0.1, 0.15) is 29.0 Å². The number of anilines is 1. The number of nitrogens with one attached hydrogen (secondary N) is 1. The molecule has 2 aliphatic rings. The van der Waals surface area contributed by atoms with E-state index in [1.807, 2.05) is 0 Å². The molecule has 1 aromatic carbocycles. The molecule has 9 heteroatoms. The second kappa shape index (κ2) is 6.50. The topological polar surface area (TPSA) is 104 Å². The van der Waals surface area contributed by atoms with Crippen LogP contribution in [-0.2, 0) is 6.42 Å².